The van der Waals surface area contributed by atoms with Crippen LogP contribution in [0.1, 0.15) is 43.2 Å². The first-order valence-corrected chi connectivity index (χ1v) is 9.84. The van der Waals surface area contributed by atoms with Crippen LogP contribution in [-0.2, 0) is 20.6 Å². The summed E-state index contributed by atoms with van der Waals surface area (Å²) in [4.78, 5) is 0. The highest BCUT2D eigenvalue weighted by atomic mass is 16.6. The first-order chi connectivity index (χ1) is 12.6. The maximum absolute atomic E-state index is 6.03. The van der Waals surface area contributed by atoms with Crippen LogP contribution in [-0.4, -0.2) is 46.8 Å². The maximum Gasteiger partial charge on any atom is 0.119 e. The molecule has 0 radical (unpaired) electrons. The van der Waals surface area contributed by atoms with Gasteiger partial charge in [-0.05, 0) is 66.7 Å². The summed E-state index contributed by atoms with van der Waals surface area (Å²) in [5.41, 5.74) is 3.10. The van der Waals surface area contributed by atoms with E-state index in [4.69, 9.17) is 18.9 Å². The van der Waals surface area contributed by atoms with Crippen molar-refractivity contribution in [1.82, 2.24) is 0 Å². The molecule has 3 aliphatic carbocycles. The molecule has 3 unspecified atom stereocenters. The third-order valence-electron chi connectivity index (χ3n) is 7.65. The van der Waals surface area contributed by atoms with Crippen LogP contribution in [0, 0.1) is 17.3 Å². The summed E-state index contributed by atoms with van der Waals surface area (Å²) in [5, 5.41) is 0. The maximum atomic E-state index is 6.03. The molecule has 1 aromatic carbocycles. The lowest BCUT2D eigenvalue weighted by Crippen LogP contribution is -2.47. The van der Waals surface area contributed by atoms with Crippen LogP contribution in [0.25, 0.3) is 0 Å². The Balaban J connectivity index is 1.72. The Hall–Kier alpha value is -1.10. The average Bonchev–Trinajstić information content (AvgIpc) is 2.94. The standard InChI is InChI=1S/C22H32O4/c1-22-11-10-16-15-9-7-14(23-2)12-13(15)6-8-17(16)18(22)19(24-3)20(25-4)21(22)26-5/h7,9,12,16-21H,6,8,10-11H2,1-5H3/t16-,17-,18-,19?,20?,21?,22+/m1/s1. The van der Waals surface area contributed by atoms with Crippen LogP contribution in [0.5, 0.6) is 5.75 Å². The van der Waals surface area contributed by atoms with E-state index < -0.39 is 0 Å². The molecule has 7 atom stereocenters. The number of fused-ring (bicyclic) bond motifs is 5. The van der Waals surface area contributed by atoms with Gasteiger partial charge in [0.15, 0.2) is 0 Å². The largest absolute Gasteiger partial charge is 0.497 e. The van der Waals surface area contributed by atoms with Crippen LogP contribution in [0.2, 0.25) is 0 Å². The third-order valence-corrected chi connectivity index (χ3v) is 7.65. The number of hydrogen-bond acceptors (Lipinski definition) is 4. The van der Waals surface area contributed by atoms with E-state index in [2.05, 4.69) is 25.1 Å². The molecule has 0 bridgehead atoms. The van der Waals surface area contributed by atoms with Crippen LogP contribution in [0.3, 0.4) is 0 Å². The van der Waals surface area contributed by atoms with E-state index in [9.17, 15) is 0 Å². The molecule has 144 valence electrons. The second-order valence-corrected chi connectivity index (χ2v) is 8.50. The van der Waals surface area contributed by atoms with Crippen LogP contribution in [0.4, 0.5) is 0 Å². The van der Waals surface area contributed by atoms with Crippen LogP contribution < -0.4 is 4.74 Å². The van der Waals surface area contributed by atoms with Crippen molar-refractivity contribution in [2.45, 2.75) is 56.8 Å². The first kappa shape index (κ1) is 18.3. The number of methoxy groups -OCH3 is 4. The van der Waals surface area contributed by atoms with Crippen molar-refractivity contribution in [3.63, 3.8) is 0 Å². The fourth-order valence-corrected chi connectivity index (χ4v) is 6.61. The zero-order valence-electron chi connectivity index (χ0n) is 16.7. The summed E-state index contributed by atoms with van der Waals surface area (Å²) in [6, 6.07) is 6.65. The molecule has 0 saturated heterocycles. The molecular weight excluding hydrogens is 328 g/mol. The van der Waals surface area contributed by atoms with Crippen LogP contribution >= 0.6 is 0 Å². The van der Waals surface area contributed by atoms with Crippen LogP contribution in [0.15, 0.2) is 18.2 Å². The van der Waals surface area contributed by atoms with Gasteiger partial charge >= 0.3 is 0 Å². The van der Waals surface area contributed by atoms with Gasteiger partial charge in [-0.2, -0.15) is 0 Å². The van der Waals surface area contributed by atoms with Crippen molar-refractivity contribution in [2.24, 2.45) is 17.3 Å². The van der Waals surface area contributed by atoms with E-state index in [0.717, 1.165) is 18.6 Å². The van der Waals surface area contributed by atoms with Crippen molar-refractivity contribution in [3.05, 3.63) is 29.3 Å². The molecule has 4 rings (SSSR count). The Kier molecular flexibility index (Phi) is 4.79. The Morgan fingerprint density at radius 1 is 0.962 bits per heavy atom. The van der Waals surface area contributed by atoms with Crippen molar-refractivity contribution < 1.29 is 18.9 Å². The summed E-state index contributed by atoms with van der Waals surface area (Å²) in [5.74, 6) is 2.67. The van der Waals surface area contributed by atoms with E-state index in [-0.39, 0.29) is 23.7 Å². The van der Waals surface area contributed by atoms with E-state index >= 15 is 0 Å². The van der Waals surface area contributed by atoms with E-state index in [1.54, 1.807) is 14.2 Å². The van der Waals surface area contributed by atoms with Gasteiger partial charge in [0, 0.05) is 26.7 Å². The molecule has 3 aliphatic rings. The molecule has 0 amide bonds. The van der Waals surface area contributed by atoms with Crippen molar-refractivity contribution in [3.8, 4) is 5.75 Å². The fourth-order valence-electron chi connectivity index (χ4n) is 6.61. The number of aryl methyl sites for hydroxylation is 1. The second kappa shape index (κ2) is 6.81. The van der Waals surface area contributed by atoms with Gasteiger partial charge in [-0.3, -0.25) is 0 Å². The van der Waals surface area contributed by atoms with Crippen molar-refractivity contribution in [1.29, 1.82) is 0 Å². The summed E-state index contributed by atoms with van der Waals surface area (Å²) in [6.07, 6.45) is 4.90. The van der Waals surface area contributed by atoms with E-state index in [1.807, 2.05) is 14.2 Å². The molecule has 0 heterocycles. The molecule has 1 aromatic rings. The molecule has 0 aliphatic heterocycles. The molecule has 2 fully saturated rings. The van der Waals surface area contributed by atoms with Gasteiger partial charge in [-0.25, -0.2) is 0 Å². The molecule has 0 aromatic heterocycles. The Labute approximate surface area is 157 Å². The highest BCUT2D eigenvalue weighted by Crippen LogP contribution is 2.62. The molecule has 2 saturated carbocycles. The van der Waals surface area contributed by atoms with Crippen molar-refractivity contribution in [2.75, 3.05) is 28.4 Å². The minimum Gasteiger partial charge on any atom is -0.497 e. The smallest absolute Gasteiger partial charge is 0.119 e. The topological polar surface area (TPSA) is 36.9 Å². The number of benzene rings is 1. The highest BCUT2D eigenvalue weighted by molar-refractivity contribution is 5.41. The summed E-state index contributed by atoms with van der Waals surface area (Å²) < 4.78 is 23.3. The third kappa shape index (κ3) is 2.45. The molecular formula is C22H32O4. The van der Waals surface area contributed by atoms with Crippen molar-refractivity contribution >= 4 is 0 Å². The molecule has 4 nitrogen and oxygen atoms in total. The van der Waals surface area contributed by atoms with Gasteiger partial charge < -0.3 is 18.9 Å². The van der Waals surface area contributed by atoms with Gasteiger partial charge in [0.25, 0.3) is 0 Å². The highest BCUT2D eigenvalue weighted by Gasteiger charge is 2.64. The Morgan fingerprint density at radius 3 is 2.38 bits per heavy atom. The second-order valence-electron chi connectivity index (χ2n) is 8.50. The zero-order valence-corrected chi connectivity index (χ0v) is 16.7. The SMILES string of the molecule is COc1ccc2c(c1)CC[C@@H]1[C@@H]2CC[C@]2(C)C(OC)C(OC)C(OC)[C@@H]12. The predicted molar refractivity (Wildman–Crippen MR) is 101 cm³/mol. The summed E-state index contributed by atoms with van der Waals surface area (Å²) >= 11 is 0. The first-order valence-electron chi connectivity index (χ1n) is 9.84. The summed E-state index contributed by atoms with van der Waals surface area (Å²) in [6.45, 7) is 2.40. The lowest BCUT2D eigenvalue weighted by atomic mass is 9.55. The minimum absolute atomic E-state index is 0.0102. The minimum atomic E-state index is 0.0102. The fraction of sp³-hybridized carbons (Fsp3) is 0.727. The Morgan fingerprint density at radius 2 is 1.73 bits per heavy atom. The average molecular weight is 360 g/mol. The quantitative estimate of drug-likeness (QED) is 0.818. The number of hydrogen-bond donors (Lipinski definition) is 0. The molecule has 0 N–H and O–H groups in total. The van der Waals surface area contributed by atoms with Gasteiger partial charge in [-0.1, -0.05) is 13.0 Å². The lowest BCUT2D eigenvalue weighted by Gasteiger charge is -2.51. The molecule has 4 heteroatoms. The van der Waals surface area contributed by atoms with Gasteiger partial charge in [0.05, 0.1) is 19.3 Å². The normalized spacial score (nSPS) is 41.3. The van der Waals surface area contributed by atoms with E-state index in [0.29, 0.717) is 17.8 Å². The monoisotopic (exact) mass is 360 g/mol. The van der Waals surface area contributed by atoms with Gasteiger partial charge in [0.1, 0.15) is 11.9 Å². The van der Waals surface area contributed by atoms with Gasteiger partial charge in [0.2, 0.25) is 0 Å². The molecule has 0 spiro atoms. The number of ether oxygens (including phenoxy) is 4. The number of rotatable bonds is 4. The predicted octanol–water partition coefficient (Wildman–Crippen LogP) is 3.82. The lowest BCUT2D eigenvalue weighted by molar-refractivity contribution is -0.0908. The van der Waals surface area contributed by atoms with E-state index in [1.165, 1.54) is 24.0 Å². The zero-order chi connectivity index (χ0) is 18.5. The molecule has 26 heavy (non-hydrogen) atoms. The van der Waals surface area contributed by atoms with Gasteiger partial charge in [-0.15, -0.1) is 0 Å². The summed E-state index contributed by atoms with van der Waals surface area (Å²) in [7, 11) is 7.20. The Bertz CT molecular complexity index is 660.